The van der Waals surface area contributed by atoms with Gasteiger partial charge in [0, 0.05) is 23.7 Å². The number of carbonyl (C=O) groups is 2. The summed E-state index contributed by atoms with van der Waals surface area (Å²) in [5, 5.41) is 11.8. The minimum absolute atomic E-state index is 0.107. The van der Waals surface area contributed by atoms with Crippen LogP contribution >= 0.6 is 11.8 Å². The summed E-state index contributed by atoms with van der Waals surface area (Å²) >= 11 is 1.57. The van der Waals surface area contributed by atoms with E-state index in [4.69, 9.17) is 14.6 Å². The molecule has 7 heteroatoms. The van der Waals surface area contributed by atoms with Gasteiger partial charge in [-0.3, -0.25) is 9.59 Å². The highest BCUT2D eigenvalue weighted by molar-refractivity contribution is 7.99. The number of carboxylic acids is 1. The lowest BCUT2D eigenvalue weighted by molar-refractivity contribution is -0.139. The number of hydrogen-bond acceptors (Lipinski definition) is 5. The van der Waals surface area contributed by atoms with Gasteiger partial charge in [0.25, 0.3) is 0 Å². The normalized spacial score (nSPS) is 20.2. The van der Waals surface area contributed by atoms with E-state index in [0.717, 1.165) is 10.6 Å². The van der Waals surface area contributed by atoms with Crippen molar-refractivity contribution in [3.05, 3.63) is 24.3 Å². The predicted octanol–water partition coefficient (Wildman–Crippen LogP) is 1.93. The maximum atomic E-state index is 12.1. The lowest BCUT2D eigenvalue weighted by Gasteiger charge is -2.27. The van der Waals surface area contributed by atoms with E-state index >= 15 is 0 Å². The van der Waals surface area contributed by atoms with Crippen LogP contribution < -0.4 is 10.1 Å². The van der Waals surface area contributed by atoms with Crippen LogP contribution in [-0.2, 0) is 14.3 Å². The van der Waals surface area contributed by atoms with E-state index in [1.165, 1.54) is 0 Å². The monoisotopic (exact) mass is 339 g/mol. The van der Waals surface area contributed by atoms with Crippen molar-refractivity contribution in [2.45, 2.75) is 29.7 Å². The molecule has 0 saturated carbocycles. The Morgan fingerprint density at radius 3 is 2.70 bits per heavy atom. The molecule has 1 aromatic rings. The maximum Gasteiger partial charge on any atom is 0.305 e. The first kappa shape index (κ1) is 17.6. The van der Waals surface area contributed by atoms with Crippen LogP contribution in [0.2, 0.25) is 0 Å². The molecule has 0 aliphatic carbocycles. The number of methoxy groups -OCH3 is 1. The van der Waals surface area contributed by atoms with Crippen LogP contribution in [0.1, 0.15) is 19.3 Å². The lowest BCUT2D eigenvalue weighted by atomic mass is 9.94. The molecule has 0 bridgehead atoms. The zero-order valence-electron chi connectivity index (χ0n) is 13.0. The summed E-state index contributed by atoms with van der Waals surface area (Å²) in [7, 11) is 1.62. The van der Waals surface area contributed by atoms with Gasteiger partial charge in [-0.1, -0.05) is 0 Å². The molecule has 1 amide bonds. The molecule has 1 aliphatic heterocycles. The molecule has 6 nitrogen and oxygen atoms in total. The number of amides is 1. The fourth-order valence-corrected chi connectivity index (χ4v) is 3.32. The van der Waals surface area contributed by atoms with Gasteiger partial charge < -0.3 is 19.9 Å². The maximum absolute atomic E-state index is 12.1. The Hall–Kier alpha value is -1.73. The summed E-state index contributed by atoms with van der Waals surface area (Å²) in [5.41, 5.74) is -0.756. The second-order valence-electron chi connectivity index (χ2n) is 5.48. The van der Waals surface area contributed by atoms with Crippen molar-refractivity contribution in [1.29, 1.82) is 0 Å². The summed E-state index contributed by atoms with van der Waals surface area (Å²) in [4.78, 5) is 24.1. The van der Waals surface area contributed by atoms with Crippen LogP contribution in [0.25, 0.3) is 0 Å². The summed E-state index contributed by atoms with van der Waals surface area (Å²) < 4.78 is 10.4. The Kier molecular flexibility index (Phi) is 6.29. The van der Waals surface area contributed by atoms with Gasteiger partial charge in [-0.05, 0) is 30.7 Å². The van der Waals surface area contributed by atoms with Crippen LogP contribution in [0.3, 0.4) is 0 Å². The van der Waals surface area contributed by atoms with Crippen LogP contribution in [0.15, 0.2) is 29.2 Å². The largest absolute Gasteiger partial charge is 0.497 e. The molecule has 1 atom stereocenters. The highest BCUT2D eigenvalue weighted by atomic mass is 32.2. The lowest BCUT2D eigenvalue weighted by Crippen LogP contribution is -2.50. The van der Waals surface area contributed by atoms with Crippen molar-refractivity contribution in [3.8, 4) is 5.75 Å². The van der Waals surface area contributed by atoms with Gasteiger partial charge in [0.15, 0.2) is 0 Å². The van der Waals surface area contributed by atoms with Gasteiger partial charge in [0.05, 0.1) is 25.7 Å². The predicted molar refractivity (Wildman–Crippen MR) is 86.9 cm³/mol. The summed E-state index contributed by atoms with van der Waals surface area (Å²) in [5.74, 6) is 0.354. The molecule has 1 fully saturated rings. The van der Waals surface area contributed by atoms with Crippen molar-refractivity contribution in [1.82, 2.24) is 5.32 Å². The Labute approximate surface area is 139 Å². The second-order valence-corrected chi connectivity index (χ2v) is 6.64. The van der Waals surface area contributed by atoms with Crippen molar-refractivity contribution >= 4 is 23.6 Å². The Morgan fingerprint density at radius 2 is 2.13 bits per heavy atom. The molecule has 1 aromatic carbocycles. The smallest absolute Gasteiger partial charge is 0.305 e. The van der Waals surface area contributed by atoms with Crippen molar-refractivity contribution < 1.29 is 24.2 Å². The van der Waals surface area contributed by atoms with Crippen LogP contribution in [-0.4, -0.2) is 48.6 Å². The second kappa shape index (κ2) is 8.21. The zero-order chi connectivity index (χ0) is 16.7. The van der Waals surface area contributed by atoms with Crippen molar-refractivity contribution in [2.24, 2.45) is 0 Å². The first-order chi connectivity index (χ1) is 11.0. The van der Waals surface area contributed by atoms with Gasteiger partial charge in [-0.15, -0.1) is 11.8 Å². The molecule has 0 spiro atoms. The van der Waals surface area contributed by atoms with E-state index in [0.29, 0.717) is 25.2 Å². The van der Waals surface area contributed by atoms with E-state index < -0.39 is 11.5 Å². The van der Waals surface area contributed by atoms with Crippen LogP contribution in [0.5, 0.6) is 5.75 Å². The fourth-order valence-electron chi connectivity index (χ4n) is 2.47. The average Bonchev–Trinajstić information content (AvgIpc) is 2.95. The molecular weight excluding hydrogens is 318 g/mol. The van der Waals surface area contributed by atoms with Gasteiger partial charge in [-0.2, -0.15) is 0 Å². The average molecular weight is 339 g/mol. The molecule has 1 unspecified atom stereocenters. The van der Waals surface area contributed by atoms with E-state index in [9.17, 15) is 9.59 Å². The van der Waals surface area contributed by atoms with Crippen molar-refractivity contribution in [3.63, 3.8) is 0 Å². The molecule has 23 heavy (non-hydrogen) atoms. The highest BCUT2D eigenvalue weighted by Gasteiger charge is 2.38. The van der Waals surface area contributed by atoms with E-state index in [-0.39, 0.29) is 18.9 Å². The zero-order valence-corrected chi connectivity index (χ0v) is 13.9. The van der Waals surface area contributed by atoms with E-state index in [2.05, 4.69) is 5.32 Å². The van der Waals surface area contributed by atoms with Crippen molar-refractivity contribution in [2.75, 3.05) is 26.1 Å². The number of carbonyl (C=O) groups excluding carboxylic acids is 1. The number of ether oxygens (including phenoxy) is 2. The number of hydrogen-bond donors (Lipinski definition) is 2. The first-order valence-electron chi connectivity index (χ1n) is 7.40. The minimum Gasteiger partial charge on any atom is -0.497 e. The molecule has 126 valence electrons. The number of nitrogens with one attached hydrogen (secondary N) is 1. The molecule has 2 rings (SSSR count). The SMILES string of the molecule is COc1ccc(SCCC(=O)NC2(CC(=O)O)CCOC2)cc1. The standard InChI is InChI=1S/C16H21NO5S/c1-21-12-2-4-13(5-3-12)23-9-6-14(18)17-16(10-15(19)20)7-8-22-11-16/h2-5H,6-11H2,1H3,(H,17,18)(H,19,20). The number of aliphatic carboxylic acids is 1. The minimum atomic E-state index is -0.927. The molecule has 0 aromatic heterocycles. The first-order valence-corrected chi connectivity index (χ1v) is 8.39. The molecule has 2 N–H and O–H groups in total. The van der Waals surface area contributed by atoms with E-state index in [1.807, 2.05) is 24.3 Å². The quantitative estimate of drug-likeness (QED) is 0.704. The number of thioether (sulfide) groups is 1. The van der Waals surface area contributed by atoms with Gasteiger partial charge in [0.2, 0.25) is 5.91 Å². The van der Waals surface area contributed by atoms with E-state index in [1.54, 1.807) is 18.9 Å². The molecule has 1 heterocycles. The Morgan fingerprint density at radius 1 is 1.39 bits per heavy atom. The summed E-state index contributed by atoms with van der Waals surface area (Å²) in [6.45, 7) is 0.741. The van der Waals surface area contributed by atoms with Gasteiger partial charge >= 0.3 is 5.97 Å². The number of rotatable bonds is 8. The van der Waals surface area contributed by atoms with Crippen LogP contribution in [0.4, 0.5) is 0 Å². The van der Waals surface area contributed by atoms with Gasteiger partial charge in [0.1, 0.15) is 5.75 Å². The third-order valence-electron chi connectivity index (χ3n) is 3.65. The van der Waals surface area contributed by atoms with Gasteiger partial charge in [-0.25, -0.2) is 0 Å². The van der Waals surface area contributed by atoms with Crippen LogP contribution in [0, 0.1) is 0 Å². The third-order valence-corrected chi connectivity index (χ3v) is 4.67. The fraction of sp³-hybridized carbons (Fsp3) is 0.500. The topological polar surface area (TPSA) is 84.9 Å². The Bertz CT molecular complexity index is 540. The Balaban J connectivity index is 1.78. The number of carboxylic acid groups (broad SMARTS) is 1. The third kappa shape index (κ3) is 5.44. The molecule has 1 aliphatic rings. The highest BCUT2D eigenvalue weighted by Crippen LogP contribution is 2.24. The molecule has 0 radical (unpaired) electrons. The molecular formula is C16H21NO5S. The summed E-state index contributed by atoms with van der Waals surface area (Å²) in [6, 6.07) is 7.64. The number of benzene rings is 1. The summed E-state index contributed by atoms with van der Waals surface area (Å²) in [6.07, 6.45) is 0.763. The molecule has 1 saturated heterocycles.